The number of hydrogen-bond acceptors (Lipinski definition) is 4. The van der Waals surface area contributed by atoms with Crippen molar-refractivity contribution in [3.05, 3.63) is 0 Å². The summed E-state index contributed by atoms with van der Waals surface area (Å²) in [5.41, 5.74) is 5.86. The summed E-state index contributed by atoms with van der Waals surface area (Å²) in [5.74, 6) is 0.110. The number of amides is 1. The molecule has 1 saturated carbocycles. The highest BCUT2D eigenvalue weighted by atomic mass is 16.5. The van der Waals surface area contributed by atoms with Crippen LogP contribution in [-0.4, -0.2) is 43.9 Å². The van der Waals surface area contributed by atoms with E-state index in [1.807, 2.05) is 0 Å². The number of nitrogens with one attached hydrogen (secondary N) is 1. The Hall–Kier alpha value is -0.650. The minimum atomic E-state index is 0.110. The second-order valence-electron chi connectivity index (χ2n) is 6.28. The highest BCUT2D eigenvalue weighted by Crippen LogP contribution is 2.19. The van der Waals surface area contributed by atoms with Gasteiger partial charge in [-0.25, -0.2) is 0 Å². The van der Waals surface area contributed by atoms with Crippen LogP contribution < -0.4 is 11.1 Å². The Kier molecular flexibility index (Phi) is 7.47. The first-order chi connectivity index (χ1) is 10.2. The quantitative estimate of drug-likeness (QED) is 0.702. The molecular formula is C16H30N2O3. The number of carbonyl (C=O) groups is 1. The van der Waals surface area contributed by atoms with Crippen molar-refractivity contribution in [1.29, 1.82) is 0 Å². The van der Waals surface area contributed by atoms with Crippen LogP contribution in [0.3, 0.4) is 0 Å². The van der Waals surface area contributed by atoms with Crippen LogP contribution in [0.5, 0.6) is 0 Å². The maximum Gasteiger partial charge on any atom is 0.220 e. The van der Waals surface area contributed by atoms with Crippen LogP contribution >= 0.6 is 0 Å². The van der Waals surface area contributed by atoms with Crippen LogP contribution in [0, 0.1) is 0 Å². The number of carbonyl (C=O) groups excluding carboxylic acids is 1. The monoisotopic (exact) mass is 298 g/mol. The van der Waals surface area contributed by atoms with E-state index >= 15 is 0 Å². The van der Waals surface area contributed by atoms with E-state index in [9.17, 15) is 4.79 Å². The van der Waals surface area contributed by atoms with Crippen molar-refractivity contribution in [3.8, 4) is 0 Å². The molecule has 0 aromatic heterocycles. The molecule has 1 aliphatic carbocycles. The molecule has 1 aliphatic heterocycles. The zero-order valence-corrected chi connectivity index (χ0v) is 13.0. The molecule has 122 valence electrons. The first kappa shape index (κ1) is 16.7. The topological polar surface area (TPSA) is 73.6 Å². The van der Waals surface area contributed by atoms with Gasteiger partial charge < -0.3 is 20.5 Å². The molecule has 1 heterocycles. The van der Waals surface area contributed by atoms with Crippen molar-refractivity contribution in [3.63, 3.8) is 0 Å². The highest BCUT2D eigenvalue weighted by molar-refractivity contribution is 5.75. The summed E-state index contributed by atoms with van der Waals surface area (Å²) in [4.78, 5) is 11.7. The van der Waals surface area contributed by atoms with Gasteiger partial charge in [0.2, 0.25) is 5.91 Å². The molecule has 2 aliphatic rings. The van der Waals surface area contributed by atoms with E-state index in [1.54, 1.807) is 0 Å². The Bertz CT molecular complexity index is 298. The highest BCUT2D eigenvalue weighted by Gasteiger charge is 2.19. The molecule has 0 bridgehead atoms. The van der Waals surface area contributed by atoms with Gasteiger partial charge in [-0.3, -0.25) is 4.79 Å². The number of ether oxygens (including phenoxy) is 2. The molecule has 2 rings (SSSR count). The van der Waals surface area contributed by atoms with Crippen LogP contribution in [0.15, 0.2) is 0 Å². The standard InChI is InChI=1S/C16H30N2O3/c17-13-4-6-15(7-5-13)21-12-10-18-16(19)9-8-14-3-1-2-11-20-14/h13-15H,1-12,17H2,(H,18,19). The fraction of sp³-hybridized carbons (Fsp3) is 0.938. The van der Waals surface area contributed by atoms with Crippen molar-refractivity contribution in [1.82, 2.24) is 5.32 Å². The van der Waals surface area contributed by atoms with E-state index in [-0.39, 0.29) is 12.0 Å². The van der Waals surface area contributed by atoms with Crippen LogP contribution in [0.1, 0.15) is 57.8 Å². The van der Waals surface area contributed by atoms with Crippen LogP contribution in [0.4, 0.5) is 0 Å². The van der Waals surface area contributed by atoms with Gasteiger partial charge in [0.05, 0.1) is 18.8 Å². The lowest BCUT2D eigenvalue weighted by Gasteiger charge is -2.26. The average Bonchev–Trinajstić information content (AvgIpc) is 2.52. The van der Waals surface area contributed by atoms with Crippen molar-refractivity contribution in [2.45, 2.75) is 76.0 Å². The maximum absolute atomic E-state index is 11.7. The van der Waals surface area contributed by atoms with E-state index < -0.39 is 0 Å². The van der Waals surface area contributed by atoms with E-state index in [0.717, 1.165) is 51.6 Å². The lowest BCUT2D eigenvalue weighted by Crippen LogP contribution is -2.33. The smallest absolute Gasteiger partial charge is 0.220 e. The van der Waals surface area contributed by atoms with Crippen molar-refractivity contribution in [2.24, 2.45) is 5.73 Å². The molecule has 1 saturated heterocycles. The first-order valence-corrected chi connectivity index (χ1v) is 8.49. The molecule has 0 aromatic carbocycles. The van der Waals surface area contributed by atoms with Gasteiger partial charge in [0.1, 0.15) is 0 Å². The van der Waals surface area contributed by atoms with E-state index in [2.05, 4.69) is 5.32 Å². The lowest BCUT2D eigenvalue weighted by atomic mass is 9.94. The normalized spacial score (nSPS) is 30.0. The molecule has 1 unspecified atom stereocenters. The summed E-state index contributed by atoms with van der Waals surface area (Å²) in [5, 5.41) is 2.93. The first-order valence-electron chi connectivity index (χ1n) is 8.49. The number of hydrogen-bond donors (Lipinski definition) is 2. The third-order valence-corrected chi connectivity index (χ3v) is 4.46. The fourth-order valence-corrected chi connectivity index (χ4v) is 3.09. The number of rotatable bonds is 7. The molecule has 1 amide bonds. The van der Waals surface area contributed by atoms with Gasteiger partial charge in [-0.15, -0.1) is 0 Å². The summed E-state index contributed by atoms with van der Waals surface area (Å²) in [6.07, 6.45) is 9.71. The summed E-state index contributed by atoms with van der Waals surface area (Å²) < 4.78 is 11.4. The van der Waals surface area contributed by atoms with Gasteiger partial charge in [0.25, 0.3) is 0 Å². The summed E-state index contributed by atoms with van der Waals surface area (Å²) in [6.45, 7) is 2.06. The van der Waals surface area contributed by atoms with Gasteiger partial charge in [-0.05, 0) is 51.4 Å². The van der Waals surface area contributed by atoms with Crippen LogP contribution in [-0.2, 0) is 14.3 Å². The van der Waals surface area contributed by atoms with Gasteiger partial charge in [-0.2, -0.15) is 0 Å². The zero-order chi connectivity index (χ0) is 14.9. The van der Waals surface area contributed by atoms with Crippen LogP contribution in [0.2, 0.25) is 0 Å². The van der Waals surface area contributed by atoms with E-state index in [4.69, 9.17) is 15.2 Å². The molecular weight excluding hydrogens is 268 g/mol. The second kappa shape index (κ2) is 9.38. The Labute approximate surface area is 127 Å². The third kappa shape index (κ3) is 6.76. The Balaban J connectivity index is 1.45. The SMILES string of the molecule is NC1CCC(OCCNC(=O)CCC2CCCCO2)CC1. The van der Waals surface area contributed by atoms with Gasteiger partial charge in [-0.1, -0.05) is 0 Å². The Morgan fingerprint density at radius 3 is 2.71 bits per heavy atom. The molecule has 21 heavy (non-hydrogen) atoms. The third-order valence-electron chi connectivity index (χ3n) is 4.46. The van der Waals surface area contributed by atoms with E-state index in [1.165, 1.54) is 6.42 Å². The molecule has 0 aromatic rings. The van der Waals surface area contributed by atoms with Gasteiger partial charge >= 0.3 is 0 Å². The molecule has 0 spiro atoms. The minimum Gasteiger partial charge on any atom is -0.378 e. The van der Waals surface area contributed by atoms with E-state index in [0.29, 0.717) is 31.7 Å². The van der Waals surface area contributed by atoms with Crippen molar-refractivity contribution >= 4 is 5.91 Å². The predicted molar refractivity (Wildman–Crippen MR) is 82.0 cm³/mol. The average molecular weight is 298 g/mol. The lowest BCUT2D eigenvalue weighted by molar-refractivity contribution is -0.122. The molecule has 5 nitrogen and oxygen atoms in total. The molecule has 0 radical (unpaired) electrons. The summed E-state index contributed by atoms with van der Waals surface area (Å²) in [7, 11) is 0. The predicted octanol–water partition coefficient (Wildman–Crippen LogP) is 1.74. The number of nitrogens with two attached hydrogens (primary N) is 1. The second-order valence-corrected chi connectivity index (χ2v) is 6.28. The van der Waals surface area contributed by atoms with Gasteiger partial charge in [0.15, 0.2) is 0 Å². The summed E-state index contributed by atoms with van der Waals surface area (Å²) in [6, 6.07) is 0.353. The minimum absolute atomic E-state index is 0.110. The van der Waals surface area contributed by atoms with Crippen molar-refractivity contribution < 1.29 is 14.3 Å². The zero-order valence-electron chi connectivity index (χ0n) is 13.0. The summed E-state index contributed by atoms with van der Waals surface area (Å²) >= 11 is 0. The Morgan fingerprint density at radius 2 is 2.00 bits per heavy atom. The molecule has 1 atom stereocenters. The fourth-order valence-electron chi connectivity index (χ4n) is 3.09. The molecule has 5 heteroatoms. The van der Waals surface area contributed by atoms with Crippen LogP contribution in [0.25, 0.3) is 0 Å². The Morgan fingerprint density at radius 1 is 1.19 bits per heavy atom. The van der Waals surface area contributed by atoms with Gasteiger partial charge in [0, 0.05) is 25.6 Å². The molecule has 3 N–H and O–H groups in total. The largest absolute Gasteiger partial charge is 0.378 e. The molecule has 2 fully saturated rings. The maximum atomic E-state index is 11.7. The van der Waals surface area contributed by atoms with Crippen molar-refractivity contribution in [2.75, 3.05) is 19.8 Å².